The molecule has 1 fully saturated rings. The van der Waals surface area contributed by atoms with Crippen molar-refractivity contribution >= 4 is 17.3 Å². The number of nitriles is 1. The van der Waals surface area contributed by atoms with Gasteiger partial charge in [0.1, 0.15) is 6.07 Å². The van der Waals surface area contributed by atoms with Crippen LogP contribution in [0.25, 0.3) is 0 Å². The highest BCUT2D eigenvalue weighted by molar-refractivity contribution is 6.34. The zero-order valence-corrected chi connectivity index (χ0v) is 11.0. The lowest BCUT2D eigenvalue weighted by Crippen LogP contribution is -2.46. The minimum atomic E-state index is 0.544. The predicted octanol–water partition coefficient (Wildman–Crippen LogP) is 2.52. The molecule has 94 valence electrons. The summed E-state index contributed by atoms with van der Waals surface area (Å²) in [4.78, 5) is 4.59. The third-order valence-corrected chi connectivity index (χ3v) is 3.60. The van der Waals surface area contributed by atoms with Crippen LogP contribution < -0.4 is 4.90 Å². The van der Waals surface area contributed by atoms with Crippen LogP contribution in [0.1, 0.15) is 5.56 Å². The zero-order valence-electron chi connectivity index (χ0n) is 10.3. The van der Waals surface area contributed by atoms with E-state index in [1.54, 1.807) is 6.07 Å². The Morgan fingerprint density at radius 1 is 1.33 bits per heavy atom. The summed E-state index contributed by atoms with van der Waals surface area (Å²) >= 11 is 6.25. The zero-order chi connectivity index (χ0) is 13.0. The van der Waals surface area contributed by atoms with Crippen LogP contribution in [-0.2, 0) is 0 Å². The van der Waals surface area contributed by atoms with Crippen LogP contribution in [0.3, 0.4) is 0 Å². The molecule has 1 saturated heterocycles. The molecule has 0 aliphatic carbocycles. The molecule has 1 aromatic rings. The minimum absolute atomic E-state index is 0.544. The van der Waals surface area contributed by atoms with E-state index in [4.69, 9.17) is 16.9 Å². The van der Waals surface area contributed by atoms with Crippen LogP contribution in [0.2, 0.25) is 5.02 Å². The van der Waals surface area contributed by atoms with E-state index in [-0.39, 0.29) is 0 Å². The van der Waals surface area contributed by atoms with Gasteiger partial charge in [0.15, 0.2) is 0 Å². The van der Waals surface area contributed by atoms with E-state index in [1.165, 1.54) is 0 Å². The predicted molar refractivity (Wildman–Crippen MR) is 75.0 cm³/mol. The second-order valence-electron chi connectivity index (χ2n) is 4.33. The first-order chi connectivity index (χ1) is 8.76. The fraction of sp³-hybridized carbons (Fsp3) is 0.357. The highest BCUT2D eigenvalue weighted by atomic mass is 35.5. The van der Waals surface area contributed by atoms with Crippen molar-refractivity contribution in [3.05, 3.63) is 41.4 Å². The summed E-state index contributed by atoms with van der Waals surface area (Å²) in [6.45, 7) is 8.55. The molecule has 0 amide bonds. The lowest BCUT2D eigenvalue weighted by Gasteiger charge is -2.36. The molecule has 0 N–H and O–H groups in total. The normalized spacial score (nSPS) is 16.3. The highest BCUT2D eigenvalue weighted by Crippen LogP contribution is 2.29. The minimum Gasteiger partial charge on any atom is -0.368 e. The fourth-order valence-corrected chi connectivity index (χ4v) is 2.49. The number of benzene rings is 1. The van der Waals surface area contributed by atoms with Gasteiger partial charge in [-0.1, -0.05) is 23.7 Å². The van der Waals surface area contributed by atoms with Crippen molar-refractivity contribution < 1.29 is 0 Å². The van der Waals surface area contributed by atoms with Gasteiger partial charge in [-0.05, 0) is 12.1 Å². The highest BCUT2D eigenvalue weighted by Gasteiger charge is 2.18. The van der Waals surface area contributed by atoms with Crippen LogP contribution in [0.4, 0.5) is 5.69 Å². The maximum absolute atomic E-state index is 8.98. The van der Waals surface area contributed by atoms with Gasteiger partial charge in [0.2, 0.25) is 0 Å². The van der Waals surface area contributed by atoms with E-state index in [1.807, 2.05) is 18.2 Å². The first-order valence-electron chi connectivity index (χ1n) is 6.03. The monoisotopic (exact) mass is 261 g/mol. The molecule has 0 radical (unpaired) electrons. The summed E-state index contributed by atoms with van der Waals surface area (Å²) < 4.78 is 0. The Morgan fingerprint density at radius 2 is 2.06 bits per heavy atom. The molecule has 0 saturated carbocycles. The summed E-state index contributed by atoms with van der Waals surface area (Å²) in [5.41, 5.74) is 1.51. The molecule has 18 heavy (non-hydrogen) atoms. The molecule has 1 aromatic carbocycles. The summed E-state index contributed by atoms with van der Waals surface area (Å²) in [6.07, 6.45) is 1.93. The van der Waals surface area contributed by atoms with E-state index >= 15 is 0 Å². The third kappa shape index (κ3) is 2.66. The van der Waals surface area contributed by atoms with Crippen LogP contribution >= 0.6 is 11.6 Å². The van der Waals surface area contributed by atoms with Crippen molar-refractivity contribution in [3.63, 3.8) is 0 Å². The van der Waals surface area contributed by atoms with Gasteiger partial charge in [0.25, 0.3) is 0 Å². The Labute approximate surface area is 113 Å². The van der Waals surface area contributed by atoms with Crippen LogP contribution in [0, 0.1) is 11.3 Å². The van der Waals surface area contributed by atoms with Crippen molar-refractivity contribution in [2.45, 2.75) is 0 Å². The maximum Gasteiger partial charge on any atom is 0.101 e. The molecule has 0 atom stereocenters. The van der Waals surface area contributed by atoms with E-state index in [2.05, 4.69) is 22.4 Å². The standard InChI is InChI=1S/C14H16ClN3/c1-2-6-17-7-9-18(10-8-17)13-5-3-4-12(11-16)14(13)15/h2-5H,1,6-10H2. The Hall–Kier alpha value is -1.50. The van der Waals surface area contributed by atoms with E-state index in [0.29, 0.717) is 10.6 Å². The first-order valence-corrected chi connectivity index (χ1v) is 6.41. The van der Waals surface area contributed by atoms with Crippen molar-refractivity contribution in [1.82, 2.24) is 4.90 Å². The molecule has 0 bridgehead atoms. The maximum atomic E-state index is 8.98. The van der Waals surface area contributed by atoms with Gasteiger partial charge < -0.3 is 4.90 Å². The number of hydrogen-bond donors (Lipinski definition) is 0. The molecule has 0 unspecified atom stereocenters. The fourth-order valence-electron chi connectivity index (χ4n) is 2.20. The van der Waals surface area contributed by atoms with Crippen LogP contribution in [-0.4, -0.2) is 37.6 Å². The second kappa shape index (κ2) is 5.90. The molecule has 0 aromatic heterocycles. The summed E-state index contributed by atoms with van der Waals surface area (Å²) in [6, 6.07) is 7.73. The van der Waals surface area contributed by atoms with Gasteiger partial charge >= 0.3 is 0 Å². The molecule has 3 nitrogen and oxygen atoms in total. The van der Waals surface area contributed by atoms with Gasteiger partial charge in [-0.3, -0.25) is 4.90 Å². The van der Waals surface area contributed by atoms with Gasteiger partial charge in [-0.15, -0.1) is 6.58 Å². The van der Waals surface area contributed by atoms with Gasteiger partial charge in [0.05, 0.1) is 16.3 Å². The second-order valence-corrected chi connectivity index (χ2v) is 4.70. The van der Waals surface area contributed by atoms with Crippen molar-refractivity contribution in [3.8, 4) is 6.07 Å². The number of piperazine rings is 1. The number of halogens is 1. The summed E-state index contributed by atoms with van der Waals surface area (Å²) in [7, 11) is 0. The molecule has 0 spiro atoms. The summed E-state index contributed by atoms with van der Waals surface area (Å²) in [5, 5.41) is 9.55. The first kappa shape index (κ1) is 12.9. The average Bonchev–Trinajstić information content (AvgIpc) is 2.41. The van der Waals surface area contributed by atoms with Gasteiger partial charge in [0, 0.05) is 32.7 Å². The average molecular weight is 262 g/mol. The molecule has 1 heterocycles. The lowest BCUT2D eigenvalue weighted by molar-refractivity contribution is 0.284. The van der Waals surface area contributed by atoms with Crippen molar-refractivity contribution in [2.24, 2.45) is 0 Å². The Kier molecular flexibility index (Phi) is 4.24. The van der Waals surface area contributed by atoms with Gasteiger partial charge in [-0.25, -0.2) is 0 Å². The summed E-state index contributed by atoms with van der Waals surface area (Å²) in [5.74, 6) is 0. The molecule has 1 aliphatic heterocycles. The topological polar surface area (TPSA) is 30.3 Å². The molecule has 4 heteroatoms. The number of rotatable bonds is 3. The number of nitrogens with zero attached hydrogens (tertiary/aromatic N) is 3. The smallest absolute Gasteiger partial charge is 0.101 e. The Morgan fingerprint density at radius 3 is 2.67 bits per heavy atom. The van der Waals surface area contributed by atoms with Crippen molar-refractivity contribution in [1.29, 1.82) is 5.26 Å². The number of anilines is 1. The third-order valence-electron chi connectivity index (χ3n) is 3.20. The number of hydrogen-bond acceptors (Lipinski definition) is 3. The largest absolute Gasteiger partial charge is 0.368 e. The Balaban J connectivity index is 2.10. The molecule has 2 rings (SSSR count). The Bertz CT molecular complexity index is 470. The van der Waals surface area contributed by atoms with Crippen LogP contribution in [0.15, 0.2) is 30.9 Å². The molecular formula is C14H16ClN3. The molecular weight excluding hydrogens is 246 g/mol. The van der Waals surface area contributed by atoms with E-state index < -0.39 is 0 Å². The van der Waals surface area contributed by atoms with Crippen molar-refractivity contribution in [2.75, 3.05) is 37.6 Å². The SMILES string of the molecule is C=CCN1CCN(c2cccc(C#N)c2Cl)CC1. The molecule has 1 aliphatic rings. The lowest BCUT2D eigenvalue weighted by atomic mass is 10.2. The van der Waals surface area contributed by atoms with Crippen LogP contribution in [0.5, 0.6) is 0 Å². The quantitative estimate of drug-likeness (QED) is 0.784. The van der Waals surface area contributed by atoms with E-state index in [9.17, 15) is 0 Å². The van der Waals surface area contributed by atoms with Gasteiger partial charge in [-0.2, -0.15) is 5.26 Å². The van der Waals surface area contributed by atoms with E-state index in [0.717, 1.165) is 38.4 Å².